The van der Waals surface area contributed by atoms with E-state index >= 15 is 0 Å². The summed E-state index contributed by atoms with van der Waals surface area (Å²) in [5.41, 5.74) is 7.84. The number of nitrogen functional groups attached to an aromatic ring is 1. The number of nitrogens with zero attached hydrogens (tertiary/aromatic N) is 4. The fourth-order valence-electron chi connectivity index (χ4n) is 2.73. The Balaban J connectivity index is 1.73. The molecule has 0 fully saturated rings. The van der Waals surface area contributed by atoms with Crippen LogP contribution in [-0.2, 0) is 24.3 Å². The molecule has 0 aliphatic rings. The Kier molecular flexibility index (Phi) is 6.25. The van der Waals surface area contributed by atoms with Gasteiger partial charge in [-0.05, 0) is 35.7 Å². The summed E-state index contributed by atoms with van der Waals surface area (Å²) < 4.78 is 5.22. The van der Waals surface area contributed by atoms with Crippen molar-refractivity contribution in [2.45, 2.75) is 25.9 Å². The minimum absolute atomic E-state index is 0.0446. The monoisotopic (exact) mass is 395 g/mol. The topological polar surface area (TPSA) is 109 Å². The first-order valence-electron chi connectivity index (χ1n) is 8.63. The second-order valence-electron chi connectivity index (χ2n) is 6.18. The number of halogens is 1. The first-order chi connectivity index (χ1) is 13.5. The van der Waals surface area contributed by atoms with Gasteiger partial charge in [0.1, 0.15) is 0 Å². The van der Waals surface area contributed by atoms with Gasteiger partial charge in [0.25, 0.3) is 0 Å². The van der Waals surface area contributed by atoms with Crippen molar-refractivity contribution in [3.63, 3.8) is 0 Å². The maximum Gasteiger partial charge on any atom is 0.312 e. The number of nitriles is 1. The van der Waals surface area contributed by atoms with Crippen LogP contribution < -0.4 is 5.73 Å². The average Bonchev–Trinajstić information content (AvgIpc) is 3.12. The molecule has 8 heteroatoms. The van der Waals surface area contributed by atoms with Gasteiger partial charge in [-0.3, -0.25) is 4.79 Å². The molecule has 3 rings (SSSR count). The summed E-state index contributed by atoms with van der Waals surface area (Å²) in [6.07, 6.45) is 0.804. The number of benzene rings is 2. The van der Waals surface area contributed by atoms with E-state index in [4.69, 9.17) is 27.0 Å². The molecule has 3 aromatic rings. The zero-order valence-corrected chi connectivity index (χ0v) is 15.8. The average molecular weight is 396 g/mol. The van der Waals surface area contributed by atoms with Gasteiger partial charge in [-0.2, -0.15) is 5.26 Å². The number of carbonyl (C=O) groups is 1. The van der Waals surface area contributed by atoms with Crippen LogP contribution in [0.25, 0.3) is 0 Å². The minimum atomic E-state index is -0.0824. The second kappa shape index (κ2) is 9.02. The molecular weight excluding hydrogens is 378 g/mol. The number of aromatic nitrogens is 2. The summed E-state index contributed by atoms with van der Waals surface area (Å²) in [5.74, 6) is 0.179. The van der Waals surface area contributed by atoms with E-state index in [1.807, 2.05) is 30.3 Å². The van der Waals surface area contributed by atoms with Gasteiger partial charge in [0.05, 0.1) is 18.2 Å². The molecule has 142 valence electrons. The van der Waals surface area contributed by atoms with E-state index in [9.17, 15) is 4.79 Å². The third-order valence-electron chi connectivity index (χ3n) is 4.18. The number of hydrogen-bond donors (Lipinski definition) is 1. The van der Waals surface area contributed by atoms with Crippen LogP contribution in [0.1, 0.15) is 29.0 Å². The van der Waals surface area contributed by atoms with Crippen molar-refractivity contribution in [3.05, 3.63) is 76.1 Å². The zero-order chi connectivity index (χ0) is 19.9. The van der Waals surface area contributed by atoms with Crippen molar-refractivity contribution >= 4 is 23.5 Å². The number of hydrogen-bond acceptors (Lipinski definition) is 6. The molecule has 2 aromatic carbocycles. The van der Waals surface area contributed by atoms with E-state index in [0.717, 1.165) is 11.1 Å². The summed E-state index contributed by atoms with van der Waals surface area (Å²) in [7, 11) is 0. The van der Waals surface area contributed by atoms with Gasteiger partial charge in [-0.1, -0.05) is 47.0 Å². The van der Waals surface area contributed by atoms with Crippen LogP contribution in [0.2, 0.25) is 5.02 Å². The lowest BCUT2D eigenvalue weighted by molar-refractivity contribution is -0.132. The molecule has 0 saturated carbocycles. The number of amides is 1. The van der Waals surface area contributed by atoms with Crippen molar-refractivity contribution in [1.29, 1.82) is 5.26 Å². The molecule has 0 radical (unpaired) electrons. The van der Waals surface area contributed by atoms with Gasteiger partial charge in [0.15, 0.2) is 0 Å². The van der Waals surface area contributed by atoms with E-state index in [-0.39, 0.29) is 30.8 Å². The molecule has 0 unspecified atom stereocenters. The lowest BCUT2D eigenvalue weighted by atomic mass is 10.1. The Hall–Kier alpha value is -3.37. The van der Waals surface area contributed by atoms with Crippen molar-refractivity contribution in [2.75, 3.05) is 5.73 Å². The molecule has 0 saturated heterocycles. The number of carbonyl (C=O) groups excluding carboxylic acids is 1. The Morgan fingerprint density at radius 1 is 1.14 bits per heavy atom. The third kappa shape index (κ3) is 5.09. The molecule has 7 nitrogen and oxygen atoms in total. The van der Waals surface area contributed by atoms with Crippen molar-refractivity contribution in [2.24, 2.45) is 0 Å². The lowest BCUT2D eigenvalue weighted by Crippen LogP contribution is -2.30. The molecule has 0 spiro atoms. The number of rotatable bonds is 7. The number of aryl methyl sites for hydroxylation is 1. The van der Waals surface area contributed by atoms with Gasteiger partial charge in [0, 0.05) is 18.0 Å². The predicted octanol–water partition coefficient (Wildman–Crippen LogP) is 3.34. The summed E-state index contributed by atoms with van der Waals surface area (Å²) in [6, 6.07) is 16.5. The van der Waals surface area contributed by atoms with Crippen LogP contribution in [0, 0.1) is 11.3 Å². The van der Waals surface area contributed by atoms with E-state index < -0.39 is 0 Å². The number of nitrogens with two attached hydrogens (primary N) is 1. The van der Waals surface area contributed by atoms with Crippen molar-refractivity contribution in [3.8, 4) is 6.07 Å². The highest BCUT2D eigenvalue weighted by Gasteiger charge is 2.18. The first kappa shape index (κ1) is 19.4. The molecule has 1 amide bonds. The predicted molar refractivity (Wildman–Crippen MR) is 104 cm³/mol. The van der Waals surface area contributed by atoms with Crippen LogP contribution in [0.3, 0.4) is 0 Å². The van der Waals surface area contributed by atoms with E-state index in [0.29, 0.717) is 23.6 Å². The summed E-state index contributed by atoms with van der Waals surface area (Å²) in [4.78, 5) is 14.5. The van der Waals surface area contributed by atoms with Crippen LogP contribution in [-0.4, -0.2) is 21.0 Å². The van der Waals surface area contributed by atoms with Crippen LogP contribution in [0.4, 0.5) is 6.01 Å². The van der Waals surface area contributed by atoms with Gasteiger partial charge in [-0.15, -0.1) is 5.10 Å². The molecule has 2 N–H and O–H groups in total. The molecule has 0 atom stereocenters. The smallest absolute Gasteiger partial charge is 0.312 e. The summed E-state index contributed by atoms with van der Waals surface area (Å²) in [6.45, 7) is 0.487. The fourth-order valence-corrected chi connectivity index (χ4v) is 2.96. The molecule has 0 aliphatic carbocycles. The van der Waals surface area contributed by atoms with E-state index in [1.54, 1.807) is 23.1 Å². The molecule has 1 heterocycles. The van der Waals surface area contributed by atoms with Gasteiger partial charge < -0.3 is 15.1 Å². The molecule has 1 aromatic heterocycles. The standard InChI is InChI=1S/C20H18ClN5O2/c21-17-4-2-1-3-16(17)9-10-19(27)26(13-18-24-25-20(23)28-18)12-15-7-5-14(11-22)6-8-15/h1-8H,9-10,12-13H2,(H2,23,25). The minimum Gasteiger partial charge on any atom is -0.406 e. The Bertz CT molecular complexity index is 994. The largest absolute Gasteiger partial charge is 0.406 e. The van der Waals surface area contributed by atoms with Crippen molar-refractivity contribution in [1.82, 2.24) is 15.1 Å². The highest BCUT2D eigenvalue weighted by molar-refractivity contribution is 6.31. The first-order valence-corrected chi connectivity index (χ1v) is 9.01. The summed E-state index contributed by atoms with van der Waals surface area (Å²) in [5, 5.41) is 17.0. The molecular formula is C20H18ClN5O2. The van der Waals surface area contributed by atoms with E-state index in [2.05, 4.69) is 16.3 Å². The van der Waals surface area contributed by atoms with E-state index in [1.165, 1.54) is 0 Å². The lowest BCUT2D eigenvalue weighted by Gasteiger charge is -2.21. The Morgan fingerprint density at radius 2 is 1.89 bits per heavy atom. The van der Waals surface area contributed by atoms with Gasteiger partial charge >= 0.3 is 6.01 Å². The molecule has 0 aliphatic heterocycles. The number of anilines is 1. The van der Waals surface area contributed by atoms with Crippen molar-refractivity contribution < 1.29 is 9.21 Å². The highest BCUT2D eigenvalue weighted by atomic mass is 35.5. The normalized spacial score (nSPS) is 10.4. The summed E-state index contributed by atoms with van der Waals surface area (Å²) >= 11 is 6.18. The fraction of sp³-hybridized carbons (Fsp3) is 0.200. The highest BCUT2D eigenvalue weighted by Crippen LogP contribution is 2.18. The quantitative estimate of drug-likeness (QED) is 0.657. The molecule has 0 bridgehead atoms. The molecule has 28 heavy (non-hydrogen) atoms. The maximum atomic E-state index is 12.9. The zero-order valence-electron chi connectivity index (χ0n) is 15.0. The van der Waals surface area contributed by atoms with Crippen LogP contribution in [0.15, 0.2) is 52.9 Å². The SMILES string of the molecule is N#Cc1ccc(CN(Cc2nnc(N)o2)C(=O)CCc2ccccc2Cl)cc1. The van der Waals surface area contributed by atoms with Gasteiger partial charge in [0.2, 0.25) is 11.8 Å². The second-order valence-corrected chi connectivity index (χ2v) is 6.59. The maximum absolute atomic E-state index is 12.9. The Labute approximate surface area is 167 Å². The Morgan fingerprint density at radius 3 is 2.54 bits per heavy atom. The van der Waals surface area contributed by atoms with Gasteiger partial charge in [-0.25, -0.2) is 0 Å². The van der Waals surface area contributed by atoms with Crippen LogP contribution in [0.5, 0.6) is 0 Å². The van der Waals surface area contributed by atoms with Crippen LogP contribution >= 0.6 is 11.6 Å². The third-order valence-corrected chi connectivity index (χ3v) is 4.55.